The maximum absolute atomic E-state index is 11.0. The second-order valence-corrected chi connectivity index (χ2v) is 3.78. The van der Waals surface area contributed by atoms with E-state index >= 15 is 0 Å². The lowest BCUT2D eigenvalue weighted by Crippen LogP contribution is -2.24. The van der Waals surface area contributed by atoms with Crippen LogP contribution in [0.3, 0.4) is 0 Å². The van der Waals surface area contributed by atoms with Crippen LogP contribution in [0.25, 0.3) is 0 Å². The van der Waals surface area contributed by atoms with E-state index in [2.05, 4.69) is 19.2 Å². The third kappa shape index (κ3) is 18.0. The summed E-state index contributed by atoms with van der Waals surface area (Å²) in [6.45, 7) is 13.2. The summed E-state index contributed by atoms with van der Waals surface area (Å²) < 4.78 is 10.6. The molecule has 0 aromatic rings. The molecule has 17 heavy (non-hydrogen) atoms. The summed E-state index contributed by atoms with van der Waals surface area (Å²) in [7, 11) is 0. The molecule has 1 N–H and O–H groups in total. The van der Waals surface area contributed by atoms with Gasteiger partial charge in [0.15, 0.2) is 0 Å². The molecule has 0 atom stereocenters. The first-order valence-electron chi connectivity index (χ1n) is 6.59. The quantitative estimate of drug-likeness (QED) is 0.636. The van der Waals surface area contributed by atoms with Gasteiger partial charge in [-0.2, -0.15) is 0 Å². The molecular formula is C13H29NO3. The Hall–Kier alpha value is -0.610. The van der Waals surface area contributed by atoms with E-state index in [0.717, 1.165) is 6.61 Å². The standard InChI is InChI=1S/C11H23NO3.C2H6/c1-4-12-11(13)5-6-14-7-8-15-9-10(2)3;1-2/h10H,4-9H2,1-3H3,(H,12,13);1-2H3. The summed E-state index contributed by atoms with van der Waals surface area (Å²) in [6, 6.07) is 0. The molecule has 0 saturated carbocycles. The van der Waals surface area contributed by atoms with Crippen LogP contribution in [0.4, 0.5) is 0 Å². The van der Waals surface area contributed by atoms with Crippen molar-refractivity contribution < 1.29 is 14.3 Å². The van der Waals surface area contributed by atoms with Gasteiger partial charge in [-0.25, -0.2) is 0 Å². The van der Waals surface area contributed by atoms with E-state index in [0.29, 0.717) is 38.7 Å². The smallest absolute Gasteiger partial charge is 0.222 e. The number of ether oxygens (including phenoxy) is 2. The van der Waals surface area contributed by atoms with Crippen molar-refractivity contribution in [2.45, 2.75) is 41.0 Å². The zero-order chi connectivity index (χ0) is 13.5. The zero-order valence-electron chi connectivity index (χ0n) is 12.0. The predicted octanol–water partition coefficient (Wildman–Crippen LogP) is 2.23. The fourth-order valence-electron chi connectivity index (χ4n) is 0.989. The van der Waals surface area contributed by atoms with Gasteiger partial charge < -0.3 is 14.8 Å². The van der Waals surface area contributed by atoms with Crippen LogP contribution >= 0.6 is 0 Å². The number of amides is 1. The van der Waals surface area contributed by atoms with E-state index in [1.165, 1.54) is 0 Å². The van der Waals surface area contributed by atoms with Crippen LogP contribution in [0.1, 0.15) is 41.0 Å². The normalized spacial score (nSPS) is 9.76. The summed E-state index contributed by atoms with van der Waals surface area (Å²) in [4.78, 5) is 11.0. The van der Waals surface area contributed by atoms with E-state index < -0.39 is 0 Å². The Balaban J connectivity index is 0. The van der Waals surface area contributed by atoms with E-state index in [9.17, 15) is 4.79 Å². The number of carbonyl (C=O) groups excluding carboxylic acids is 1. The molecular weight excluding hydrogens is 218 g/mol. The molecule has 0 radical (unpaired) electrons. The average Bonchev–Trinajstić information content (AvgIpc) is 2.30. The van der Waals surface area contributed by atoms with Crippen LogP contribution in [0.5, 0.6) is 0 Å². The van der Waals surface area contributed by atoms with Gasteiger partial charge >= 0.3 is 0 Å². The van der Waals surface area contributed by atoms with Crippen molar-refractivity contribution >= 4 is 5.91 Å². The molecule has 0 aliphatic heterocycles. The Morgan fingerprint density at radius 2 is 1.71 bits per heavy atom. The van der Waals surface area contributed by atoms with Gasteiger partial charge in [-0.15, -0.1) is 0 Å². The summed E-state index contributed by atoms with van der Waals surface area (Å²) in [5.41, 5.74) is 0. The fourth-order valence-corrected chi connectivity index (χ4v) is 0.989. The predicted molar refractivity (Wildman–Crippen MR) is 71.1 cm³/mol. The van der Waals surface area contributed by atoms with Crippen molar-refractivity contribution in [2.75, 3.05) is 33.0 Å². The first-order valence-corrected chi connectivity index (χ1v) is 6.59. The molecule has 0 bridgehead atoms. The van der Waals surface area contributed by atoms with Crippen molar-refractivity contribution in [2.24, 2.45) is 5.92 Å². The molecule has 0 rings (SSSR count). The van der Waals surface area contributed by atoms with Crippen LogP contribution < -0.4 is 5.32 Å². The molecule has 0 saturated heterocycles. The molecule has 0 spiro atoms. The SMILES string of the molecule is CC.CCNC(=O)CCOCCOCC(C)C. The highest BCUT2D eigenvalue weighted by Gasteiger charge is 1.98. The van der Waals surface area contributed by atoms with E-state index in [1.54, 1.807) is 0 Å². The lowest BCUT2D eigenvalue weighted by atomic mass is 10.2. The first kappa shape index (κ1) is 18.7. The van der Waals surface area contributed by atoms with Crippen LogP contribution in [0.2, 0.25) is 0 Å². The Bertz CT molecular complexity index is 161. The Morgan fingerprint density at radius 3 is 2.24 bits per heavy atom. The third-order valence-electron chi connectivity index (χ3n) is 1.67. The molecule has 0 heterocycles. The Morgan fingerprint density at radius 1 is 1.12 bits per heavy atom. The summed E-state index contributed by atoms with van der Waals surface area (Å²) in [5, 5.41) is 2.71. The summed E-state index contributed by atoms with van der Waals surface area (Å²) >= 11 is 0. The Kier molecular flexibility index (Phi) is 17.0. The number of nitrogens with one attached hydrogen (secondary N) is 1. The largest absolute Gasteiger partial charge is 0.379 e. The minimum absolute atomic E-state index is 0.0422. The molecule has 0 aromatic heterocycles. The van der Waals surface area contributed by atoms with Crippen molar-refractivity contribution in [1.29, 1.82) is 0 Å². The van der Waals surface area contributed by atoms with Crippen LogP contribution in [-0.4, -0.2) is 38.9 Å². The van der Waals surface area contributed by atoms with Gasteiger partial charge in [0, 0.05) is 19.6 Å². The number of rotatable bonds is 9. The van der Waals surface area contributed by atoms with Crippen molar-refractivity contribution in [3.63, 3.8) is 0 Å². The highest BCUT2D eigenvalue weighted by Crippen LogP contribution is 1.92. The molecule has 4 nitrogen and oxygen atoms in total. The monoisotopic (exact) mass is 247 g/mol. The first-order chi connectivity index (χ1) is 8.16. The van der Waals surface area contributed by atoms with E-state index in [-0.39, 0.29) is 5.91 Å². The van der Waals surface area contributed by atoms with Gasteiger partial charge in [0.1, 0.15) is 0 Å². The van der Waals surface area contributed by atoms with E-state index in [4.69, 9.17) is 9.47 Å². The van der Waals surface area contributed by atoms with Gasteiger partial charge in [-0.3, -0.25) is 4.79 Å². The fraction of sp³-hybridized carbons (Fsp3) is 0.923. The van der Waals surface area contributed by atoms with Crippen molar-refractivity contribution in [3.8, 4) is 0 Å². The molecule has 104 valence electrons. The van der Waals surface area contributed by atoms with Crippen LogP contribution in [-0.2, 0) is 14.3 Å². The molecule has 0 fully saturated rings. The van der Waals surface area contributed by atoms with Crippen LogP contribution in [0, 0.1) is 5.92 Å². The van der Waals surface area contributed by atoms with Gasteiger partial charge in [0.2, 0.25) is 5.91 Å². The maximum Gasteiger partial charge on any atom is 0.222 e. The highest BCUT2D eigenvalue weighted by molar-refractivity contribution is 5.75. The average molecular weight is 247 g/mol. The molecule has 0 aliphatic rings. The number of carbonyl (C=O) groups is 1. The molecule has 0 aliphatic carbocycles. The van der Waals surface area contributed by atoms with Gasteiger partial charge in [0.25, 0.3) is 0 Å². The molecule has 0 unspecified atom stereocenters. The highest BCUT2D eigenvalue weighted by atomic mass is 16.5. The minimum Gasteiger partial charge on any atom is -0.379 e. The number of hydrogen-bond acceptors (Lipinski definition) is 3. The van der Waals surface area contributed by atoms with Crippen LogP contribution in [0.15, 0.2) is 0 Å². The Labute approximate surface area is 106 Å². The van der Waals surface area contributed by atoms with Gasteiger partial charge in [0.05, 0.1) is 19.8 Å². The lowest BCUT2D eigenvalue weighted by Gasteiger charge is -2.07. The number of hydrogen-bond donors (Lipinski definition) is 1. The topological polar surface area (TPSA) is 47.6 Å². The third-order valence-corrected chi connectivity index (χ3v) is 1.67. The van der Waals surface area contributed by atoms with Gasteiger partial charge in [-0.05, 0) is 12.8 Å². The van der Waals surface area contributed by atoms with Crippen molar-refractivity contribution in [1.82, 2.24) is 5.32 Å². The lowest BCUT2D eigenvalue weighted by molar-refractivity contribution is -0.122. The van der Waals surface area contributed by atoms with E-state index in [1.807, 2.05) is 20.8 Å². The second-order valence-electron chi connectivity index (χ2n) is 3.78. The minimum atomic E-state index is 0.0422. The maximum atomic E-state index is 11.0. The summed E-state index contributed by atoms with van der Waals surface area (Å²) in [6.07, 6.45) is 0.429. The van der Waals surface area contributed by atoms with Gasteiger partial charge in [-0.1, -0.05) is 27.7 Å². The van der Waals surface area contributed by atoms with Crippen molar-refractivity contribution in [3.05, 3.63) is 0 Å². The zero-order valence-corrected chi connectivity index (χ0v) is 12.0. The summed E-state index contributed by atoms with van der Waals surface area (Å²) in [5.74, 6) is 0.598. The molecule has 4 heteroatoms. The second kappa shape index (κ2) is 15.4. The molecule has 0 aromatic carbocycles. The molecule has 1 amide bonds.